The lowest BCUT2D eigenvalue weighted by molar-refractivity contribution is -0.151. The smallest absolute Gasteiger partial charge is 0.316 e. The van der Waals surface area contributed by atoms with Crippen LogP contribution in [0.2, 0.25) is 0 Å². The highest BCUT2D eigenvalue weighted by Gasteiger charge is 2.30. The van der Waals surface area contributed by atoms with Gasteiger partial charge in [-0.2, -0.15) is 0 Å². The largest absolute Gasteiger partial charge is 0.497 e. The highest BCUT2D eigenvalue weighted by Crippen LogP contribution is 2.46. The van der Waals surface area contributed by atoms with Crippen LogP contribution in [-0.2, 0) is 45.1 Å². The van der Waals surface area contributed by atoms with E-state index in [2.05, 4.69) is 312 Å². The first-order chi connectivity index (χ1) is 53.4. The maximum absolute atomic E-state index is 10.3. The number of rotatable bonds is 26. The number of ether oxygens (including phenoxy) is 11. The predicted octanol–water partition coefficient (Wildman–Crippen LogP) is 23.7. The predicted molar refractivity (Wildman–Crippen MR) is 486 cm³/mol. The molecule has 0 radical (unpaired) electrons. The van der Waals surface area contributed by atoms with Gasteiger partial charge in [-0.1, -0.05) is 126 Å². The van der Waals surface area contributed by atoms with Gasteiger partial charge in [0.1, 0.15) is 40.9 Å². The lowest BCUT2D eigenvalue weighted by Gasteiger charge is -2.30. The van der Waals surface area contributed by atoms with Gasteiger partial charge in [0.15, 0.2) is 0 Å². The van der Waals surface area contributed by atoms with Crippen molar-refractivity contribution in [3.05, 3.63) is 290 Å². The molecule has 0 aliphatic carbocycles. The Morgan fingerprint density at radius 2 is 0.614 bits per heavy atom. The van der Waals surface area contributed by atoms with Crippen molar-refractivity contribution in [1.29, 1.82) is 0 Å². The lowest BCUT2D eigenvalue weighted by atomic mass is 9.73. The fraction of sp³-hybridized carbons (Fsp3) is 0.347. The monoisotopic (exact) mass is 1810 g/mol. The Kier molecular flexibility index (Phi) is 44.2. The van der Waals surface area contributed by atoms with Gasteiger partial charge in [0.05, 0.1) is 101 Å². The fourth-order valence-electron chi connectivity index (χ4n) is 11.9. The van der Waals surface area contributed by atoms with Crippen molar-refractivity contribution in [1.82, 2.24) is 0 Å². The molecule has 0 fully saturated rings. The molecule has 0 aromatic heterocycles. The van der Waals surface area contributed by atoms with E-state index in [-0.39, 0.29) is 38.5 Å². The summed E-state index contributed by atoms with van der Waals surface area (Å²) in [6, 6.07) is 68.4. The molecule has 0 unspecified atom stereocenters. The van der Waals surface area contributed by atoms with Crippen molar-refractivity contribution >= 4 is 87.0 Å². The van der Waals surface area contributed by atoms with E-state index in [1.807, 2.05) is 48.5 Å². The van der Waals surface area contributed by atoms with Crippen molar-refractivity contribution in [3.63, 3.8) is 0 Å². The Bertz CT molecular complexity index is 4050. The molecule has 10 rings (SSSR count). The molecule has 0 N–H and O–H groups in total. The number of aryl methyl sites for hydroxylation is 4. The molecule has 0 saturated heterocycles. The number of anilines is 2. The summed E-state index contributed by atoms with van der Waals surface area (Å²) in [6.07, 6.45) is 0.675. The molecule has 0 saturated carbocycles. The average molecular weight is 1820 g/mol. The molecule has 0 aliphatic rings. The molecule has 0 bridgehead atoms. The number of halogens is 4. The summed E-state index contributed by atoms with van der Waals surface area (Å²) in [6.45, 7) is 20.2. The SMILES string of the molecule is C.C.CN(C)c1ccc(Cc2ccc(N(C)C)cc2)cc1.COC(=O)CC(=O)OC.COCCOCCOC.COc1c(Br)cc(C(C)(C)c2cc(Br)c(OC)c(Br)c2)cc1Br.COc1ccc(C(c2ccc(OC)cc2)C(c2ccc(OC)cc2)c2ccc(OC)cc2)cc1.Cc1cc(-c2cc(C)c(C)c(C)c2)cc(C)c1C. The Balaban J connectivity index is 0.000000373. The summed E-state index contributed by atoms with van der Waals surface area (Å²) in [4.78, 5) is 24.8. The summed E-state index contributed by atoms with van der Waals surface area (Å²) in [5.41, 5.74) is 23.1. The van der Waals surface area contributed by atoms with E-state index in [1.54, 1.807) is 56.9 Å². The third kappa shape index (κ3) is 30.2. The second-order valence-corrected chi connectivity index (χ2v) is 30.7. The van der Waals surface area contributed by atoms with Crippen LogP contribution in [0.5, 0.6) is 34.5 Å². The minimum atomic E-state index is -0.582. The van der Waals surface area contributed by atoms with E-state index < -0.39 is 11.9 Å². The van der Waals surface area contributed by atoms with Gasteiger partial charge in [0.2, 0.25) is 0 Å². The number of nitrogens with zero attached hydrogens (tertiary/aromatic N) is 2. The molecule has 10 aromatic carbocycles. The van der Waals surface area contributed by atoms with Gasteiger partial charge in [-0.3, -0.25) is 9.59 Å². The minimum absolute atomic E-state index is 0. The Hall–Kier alpha value is -8.66. The molecule has 19 heteroatoms. The van der Waals surface area contributed by atoms with Crippen molar-refractivity contribution in [2.24, 2.45) is 0 Å². The van der Waals surface area contributed by atoms with E-state index in [4.69, 9.17) is 42.6 Å². The van der Waals surface area contributed by atoms with Gasteiger partial charge in [-0.05, 0) is 298 Å². The van der Waals surface area contributed by atoms with Gasteiger partial charge < -0.3 is 61.9 Å². The quantitative estimate of drug-likeness (QED) is 0.0288. The second kappa shape index (κ2) is 50.6. The lowest BCUT2D eigenvalue weighted by Crippen LogP contribution is -2.19. The van der Waals surface area contributed by atoms with Gasteiger partial charge in [-0.25, -0.2) is 0 Å². The molecule has 0 amide bonds. The molecule has 15 nitrogen and oxygen atoms in total. The highest BCUT2D eigenvalue weighted by atomic mass is 79.9. The molecule has 0 spiro atoms. The first-order valence-electron chi connectivity index (χ1n) is 36.5. The van der Waals surface area contributed by atoms with Crippen LogP contribution in [0.3, 0.4) is 0 Å². The number of hydrogen-bond acceptors (Lipinski definition) is 15. The number of carbonyl (C=O) groups excluding carboxylic acids is 2. The summed E-state index contributed by atoms with van der Waals surface area (Å²) >= 11 is 14.3. The highest BCUT2D eigenvalue weighted by molar-refractivity contribution is 9.11. The van der Waals surface area contributed by atoms with Crippen LogP contribution in [0.25, 0.3) is 11.1 Å². The number of esters is 2. The third-order valence-electron chi connectivity index (χ3n) is 19.2. The fourth-order valence-corrected chi connectivity index (χ4v) is 14.9. The molecular weight excluding hydrogens is 1700 g/mol. The molecule has 616 valence electrons. The molecule has 0 atom stereocenters. The van der Waals surface area contributed by atoms with Crippen molar-refractivity contribution in [2.75, 3.05) is 136 Å². The molecule has 10 aromatic rings. The van der Waals surface area contributed by atoms with Crippen LogP contribution in [0.4, 0.5) is 11.4 Å². The van der Waals surface area contributed by atoms with Crippen LogP contribution in [-0.4, -0.2) is 138 Å². The Labute approximate surface area is 714 Å². The van der Waals surface area contributed by atoms with Crippen LogP contribution in [0.15, 0.2) is 212 Å². The van der Waals surface area contributed by atoms with Gasteiger partial charge in [-0.15, -0.1) is 0 Å². The molecule has 0 heterocycles. The van der Waals surface area contributed by atoms with E-state index in [0.29, 0.717) is 26.4 Å². The van der Waals surface area contributed by atoms with E-state index in [9.17, 15) is 9.59 Å². The molecule has 114 heavy (non-hydrogen) atoms. The second-order valence-electron chi connectivity index (χ2n) is 27.3. The van der Waals surface area contributed by atoms with Crippen molar-refractivity contribution in [3.8, 4) is 45.6 Å². The zero-order valence-corrected chi connectivity index (χ0v) is 75.4. The van der Waals surface area contributed by atoms with Gasteiger partial charge in [0, 0.05) is 71.0 Å². The maximum atomic E-state index is 10.3. The maximum Gasteiger partial charge on any atom is 0.316 e. The first kappa shape index (κ1) is 99.5. The number of carbonyl (C=O) groups is 2. The summed E-state index contributed by atoms with van der Waals surface area (Å²) < 4.78 is 59.1. The standard InChI is InChI=1S/C30H30O4.C18H22.C17H16Br4O2.C17H22N2.C6H14O3.C5H8O4.2CH4/c1-31-25-13-5-21(6-14-25)29(22-7-15-26(32-2)16-8-22)30(23-9-17-27(33-3)18-10-23)24-11-19-28(34-4)20-12-24;1-11-7-17(8-12(2)15(11)5)18-9-13(3)16(6)14(4)10-18;1-17(2,9-5-11(18)15(22-3)12(19)6-9)10-7-13(20)16(23-4)14(21)8-10;1-18(2)16-9-5-14(6-10-16)13-15-7-11-17(12-8-15)19(3)4;1-7-3-5-9-6-4-8-2;1-8-4(6)3-5(7)9-2;;/h5-20,29-30H,1-4H3;7-10H,1-6H3;5-8H,1-4H3;5-12H,13H2,1-4H3;3-6H2,1-2H3;3H2,1-2H3;2*1H4. The normalized spacial score (nSPS) is 10.4. The van der Waals surface area contributed by atoms with Crippen molar-refractivity contribution in [2.45, 2.75) is 100 Å². The van der Waals surface area contributed by atoms with E-state index in [0.717, 1.165) is 58.8 Å². The Morgan fingerprint density at radius 1 is 0.360 bits per heavy atom. The van der Waals surface area contributed by atoms with Crippen molar-refractivity contribution < 1.29 is 61.7 Å². The van der Waals surface area contributed by atoms with Crippen LogP contribution < -0.4 is 38.2 Å². The van der Waals surface area contributed by atoms with Crippen LogP contribution in [0.1, 0.15) is 125 Å². The number of methoxy groups -OCH3 is 10. The van der Waals surface area contributed by atoms with E-state index >= 15 is 0 Å². The Morgan fingerprint density at radius 3 is 0.825 bits per heavy atom. The zero-order valence-electron chi connectivity index (χ0n) is 69.1. The number of benzene rings is 10. The summed E-state index contributed by atoms with van der Waals surface area (Å²) in [7, 11) is 24.1. The zero-order chi connectivity index (χ0) is 82.8. The molecular formula is C95H120Br4N2O13. The topological polar surface area (TPSA) is 142 Å². The third-order valence-corrected chi connectivity index (χ3v) is 21.5. The first-order valence-corrected chi connectivity index (χ1v) is 39.6. The van der Waals surface area contributed by atoms with Gasteiger partial charge >= 0.3 is 11.9 Å². The summed E-state index contributed by atoms with van der Waals surface area (Å²) in [5.74, 6) is 3.87. The average Bonchev–Trinajstić information content (AvgIpc) is 0.781. The van der Waals surface area contributed by atoms with E-state index in [1.165, 1.54) is 115 Å². The number of hydrogen-bond donors (Lipinski definition) is 0. The van der Waals surface area contributed by atoms with Crippen LogP contribution in [0, 0.1) is 41.5 Å². The molecule has 0 aliphatic heterocycles. The minimum Gasteiger partial charge on any atom is -0.497 e. The van der Waals surface area contributed by atoms with Gasteiger partial charge in [0.25, 0.3) is 0 Å². The van der Waals surface area contributed by atoms with Crippen LogP contribution >= 0.6 is 63.7 Å². The summed E-state index contributed by atoms with van der Waals surface area (Å²) in [5, 5.41) is 0.